The van der Waals surface area contributed by atoms with Crippen LogP contribution in [0.4, 0.5) is 9.80 Å². The zero-order chi connectivity index (χ0) is 18.8. The Morgan fingerprint density at radius 3 is 2.24 bits per heavy atom. The predicted molar refractivity (Wildman–Crippen MR) is 95.7 cm³/mol. The summed E-state index contributed by atoms with van der Waals surface area (Å²) < 4.78 is 5.19. The summed E-state index contributed by atoms with van der Waals surface area (Å²) in [7, 11) is 0. The van der Waals surface area contributed by atoms with Crippen molar-refractivity contribution >= 4 is 34.2 Å². The fraction of sp³-hybridized carbons (Fsp3) is 0.278. The second kappa shape index (κ2) is 7.06. The maximum absolute atomic E-state index is 12.8. The Balaban J connectivity index is 2.45. The molecule has 0 aliphatic rings. The molecule has 1 aromatic carbocycles. The third-order valence-corrected chi connectivity index (χ3v) is 4.41. The van der Waals surface area contributed by atoms with Crippen LogP contribution in [0, 0.1) is 6.92 Å². The van der Waals surface area contributed by atoms with Gasteiger partial charge in [0.15, 0.2) is 5.78 Å². The topological polar surface area (TPSA) is 92.7 Å². The van der Waals surface area contributed by atoms with Crippen LogP contribution in [0.3, 0.4) is 0 Å². The van der Waals surface area contributed by atoms with E-state index in [1.54, 1.807) is 58.0 Å². The lowest BCUT2D eigenvalue weighted by Crippen LogP contribution is -2.27. The van der Waals surface area contributed by atoms with Gasteiger partial charge in [-0.25, -0.2) is 9.59 Å². The summed E-state index contributed by atoms with van der Waals surface area (Å²) in [6.07, 6.45) is -0.743. The Bertz CT molecular complexity index is 818. The number of thiophene rings is 1. The van der Waals surface area contributed by atoms with Gasteiger partial charge < -0.3 is 9.84 Å². The monoisotopic (exact) mass is 361 g/mol. The summed E-state index contributed by atoms with van der Waals surface area (Å²) >= 11 is 0.839. The Hall–Kier alpha value is -2.67. The lowest BCUT2D eigenvalue weighted by atomic mass is 10.0. The predicted octanol–water partition coefficient (Wildman–Crippen LogP) is 4.33. The Morgan fingerprint density at radius 2 is 1.72 bits per heavy atom. The fourth-order valence-electron chi connectivity index (χ4n) is 2.21. The van der Waals surface area contributed by atoms with Gasteiger partial charge in [0, 0.05) is 5.56 Å². The van der Waals surface area contributed by atoms with E-state index in [-0.39, 0.29) is 21.2 Å². The number of nitrogens with one attached hydrogen (secondary N) is 1. The third kappa shape index (κ3) is 4.45. The molecule has 0 spiro atoms. The Morgan fingerprint density at radius 1 is 1.12 bits per heavy atom. The van der Waals surface area contributed by atoms with E-state index in [0.29, 0.717) is 11.1 Å². The largest absolute Gasteiger partial charge is 0.477 e. The molecule has 2 rings (SSSR count). The van der Waals surface area contributed by atoms with E-state index in [0.717, 1.165) is 11.3 Å². The SMILES string of the molecule is Cc1c(C(=O)O)sc(NC(=O)OC(C)(C)C)c1C(=O)c1ccccc1. The van der Waals surface area contributed by atoms with Crippen LogP contribution in [0.25, 0.3) is 0 Å². The van der Waals surface area contributed by atoms with Crippen molar-refractivity contribution in [3.63, 3.8) is 0 Å². The normalized spacial score (nSPS) is 11.0. The number of ketones is 1. The van der Waals surface area contributed by atoms with Crippen molar-refractivity contribution in [3.8, 4) is 0 Å². The van der Waals surface area contributed by atoms with E-state index in [1.807, 2.05) is 0 Å². The van der Waals surface area contributed by atoms with Crippen molar-refractivity contribution in [1.82, 2.24) is 0 Å². The molecule has 0 saturated heterocycles. The van der Waals surface area contributed by atoms with Crippen molar-refractivity contribution in [2.75, 3.05) is 5.32 Å². The molecule has 0 atom stereocenters. The molecule has 0 radical (unpaired) electrons. The van der Waals surface area contributed by atoms with Crippen molar-refractivity contribution in [2.45, 2.75) is 33.3 Å². The first-order valence-corrected chi connectivity index (χ1v) is 8.38. The van der Waals surface area contributed by atoms with Crippen molar-refractivity contribution in [3.05, 3.63) is 51.9 Å². The number of anilines is 1. The third-order valence-electron chi connectivity index (χ3n) is 3.22. The smallest absolute Gasteiger partial charge is 0.412 e. The number of amides is 1. The first kappa shape index (κ1) is 18.7. The quantitative estimate of drug-likeness (QED) is 0.791. The minimum atomic E-state index is -1.15. The van der Waals surface area contributed by atoms with Gasteiger partial charge in [0.2, 0.25) is 0 Å². The lowest BCUT2D eigenvalue weighted by Gasteiger charge is -2.19. The van der Waals surface area contributed by atoms with Crippen LogP contribution >= 0.6 is 11.3 Å². The molecule has 0 bridgehead atoms. The van der Waals surface area contributed by atoms with Gasteiger partial charge in [0.25, 0.3) is 0 Å². The molecule has 0 aliphatic heterocycles. The number of ether oxygens (including phenoxy) is 1. The number of carbonyl (C=O) groups is 3. The molecule has 7 heteroatoms. The van der Waals surface area contributed by atoms with Crippen LogP contribution in [0.1, 0.15) is 51.9 Å². The van der Waals surface area contributed by atoms with Crippen LogP contribution in [0.2, 0.25) is 0 Å². The summed E-state index contributed by atoms with van der Waals surface area (Å²) in [6, 6.07) is 8.48. The van der Waals surface area contributed by atoms with Crippen molar-refractivity contribution in [2.24, 2.45) is 0 Å². The first-order chi connectivity index (χ1) is 11.6. The second-order valence-corrected chi connectivity index (χ2v) is 7.41. The highest BCUT2D eigenvalue weighted by Crippen LogP contribution is 2.35. The van der Waals surface area contributed by atoms with E-state index >= 15 is 0 Å². The molecule has 25 heavy (non-hydrogen) atoms. The fourth-order valence-corrected chi connectivity index (χ4v) is 3.24. The van der Waals surface area contributed by atoms with E-state index in [9.17, 15) is 19.5 Å². The molecule has 0 unspecified atom stereocenters. The summed E-state index contributed by atoms with van der Waals surface area (Å²) in [6.45, 7) is 6.69. The van der Waals surface area contributed by atoms with Gasteiger partial charge in [-0.1, -0.05) is 30.3 Å². The molecule has 0 saturated carbocycles. The molecule has 132 valence electrons. The summed E-state index contributed by atoms with van der Waals surface area (Å²) in [5, 5.41) is 12.0. The number of hydrogen-bond donors (Lipinski definition) is 2. The number of carboxylic acids is 1. The number of carboxylic acid groups (broad SMARTS) is 1. The van der Waals surface area contributed by atoms with E-state index in [4.69, 9.17) is 4.74 Å². The van der Waals surface area contributed by atoms with Crippen LogP contribution < -0.4 is 5.32 Å². The minimum Gasteiger partial charge on any atom is -0.477 e. The molecule has 6 nitrogen and oxygen atoms in total. The molecule has 1 heterocycles. The van der Waals surface area contributed by atoms with Gasteiger partial charge in [-0.2, -0.15) is 0 Å². The maximum Gasteiger partial charge on any atom is 0.412 e. The molecule has 2 N–H and O–H groups in total. The van der Waals surface area contributed by atoms with Crippen molar-refractivity contribution in [1.29, 1.82) is 0 Å². The van der Waals surface area contributed by atoms with E-state index in [1.165, 1.54) is 0 Å². The van der Waals surface area contributed by atoms with Gasteiger partial charge in [-0.15, -0.1) is 11.3 Å². The standard InChI is InChI=1S/C18H19NO5S/c1-10-12(13(20)11-8-6-5-7-9-11)15(25-14(10)16(21)22)19-17(23)24-18(2,3)4/h5-9H,1-4H3,(H,19,23)(H,21,22). The van der Waals surface area contributed by atoms with Crippen LogP contribution in [0.15, 0.2) is 30.3 Å². The highest BCUT2D eigenvalue weighted by Gasteiger charge is 2.27. The van der Waals surface area contributed by atoms with Crippen LogP contribution in [-0.4, -0.2) is 28.6 Å². The number of hydrogen-bond acceptors (Lipinski definition) is 5. The summed E-state index contributed by atoms with van der Waals surface area (Å²) in [5.74, 6) is -1.50. The Labute approximate surface area is 149 Å². The maximum atomic E-state index is 12.8. The molecule has 1 aromatic heterocycles. The Kier molecular flexibility index (Phi) is 5.27. The van der Waals surface area contributed by atoms with Gasteiger partial charge in [0.1, 0.15) is 15.5 Å². The van der Waals surface area contributed by atoms with Gasteiger partial charge in [0.05, 0.1) is 5.56 Å². The van der Waals surface area contributed by atoms with E-state index < -0.39 is 17.7 Å². The minimum absolute atomic E-state index is 0.00494. The zero-order valence-corrected chi connectivity index (χ0v) is 15.2. The van der Waals surface area contributed by atoms with Gasteiger partial charge >= 0.3 is 12.1 Å². The van der Waals surface area contributed by atoms with Crippen molar-refractivity contribution < 1.29 is 24.2 Å². The number of rotatable bonds is 4. The first-order valence-electron chi connectivity index (χ1n) is 7.56. The summed E-state index contributed by atoms with van der Waals surface area (Å²) in [5.41, 5.74) is 0.180. The van der Waals surface area contributed by atoms with E-state index in [2.05, 4.69) is 5.32 Å². The van der Waals surface area contributed by atoms with Gasteiger partial charge in [-0.3, -0.25) is 10.1 Å². The van der Waals surface area contributed by atoms with Crippen LogP contribution in [-0.2, 0) is 4.74 Å². The highest BCUT2D eigenvalue weighted by molar-refractivity contribution is 7.18. The molecule has 0 aliphatic carbocycles. The van der Waals surface area contributed by atoms with Crippen LogP contribution in [0.5, 0.6) is 0 Å². The molecular formula is C18H19NO5S. The van der Waals surface area contributed by atoms with Gasteiger partial charge in [-0.05, 0) is 33.3 Å². The molecular weight excluding hydrogens is 342 g/mol. The number of aromatic carboxylic acids is 1. The molecule has 2 aromatic rings. The molecule has 1 amide bonds. The molecule has 0 fully saturated rings. The highest BCUT2D eigenvalue weighted by atomic mass is 32.1. The average molecular weight is 361 g/mol. The lowest BCUT2D eigenvalue weighted by molar-refractivity contribution is 0.0634. The average Bonchev–Trinajstić information content (AvgIpc) is 2.82. The zero-order valence-electron chi connectivity index (χ0n) is 14.4. The number of carbonyl (C=O) groups excluding carboxylic acids is 2. The number of benzene rings is 1. The summed E-state index contributed by atoms with van der Waals surface area (Å²) in [4.78, 5) is 36.3. The second-order valence-electron chi connectivity index (χ2n) is 6.39.